The number of nitrogens with two attached hydrogens (primary N) is 1. The van der Waals surface area contributed by atoms with Gasteiger partial charge < -0.3 is 20.5 Å². The summed E-state index contributed by atoms with van der Waals surface area (Å²) in [4.78, 5) is 28.1. The third kappa shape index (κ3) is 3.69. The van der Waals surface area contributed by atoms with E-state index in [1.807, 2.05) is 0 Å². The van der Waals surface area contributed by atoms with Gasteiger partial charge in [0, 0.05) is 42.1 Å². The molecular formula is C22H32N4O3. The molecule has 3 aliphatic carbocycles. The third-order valence-corrected chi connectivity index (χ3v) is 7.65. The highest BCUT2D eigenvalue weighted by molar-refractivity contribution is 5.92. The lowest BCUT2D eigenvalue weighted by atomic mass is 9.68. The van der Waals surface area contributed by atoms with Crippen LogP contribution in [-0.4, -0.2) is 46.0 Å². The van der Waals surface area contributed by atoms with Crippen LogP contribution in [0.1, 0.15) is 92.8 Å². The Morgan fingerprint density at radius 3 is 2.55 bits per heavy atom. The minimum Gasteiger partial charge on any atom is -0.360 e. The highest BCUT2D eigenvalue weighted by atomic mass is 16.5. The van der Waals surface area contributed by atoms with Crippen molar-refractivity contribution < 1.29 is 14.1 Å². The quantitative estimate of drug-likeness (QED) is 0.809. The number of piperidine rings is 1. The Morgan fingerprint density at radius 2 is 1.90 bits per heavy atom. The van der Waals surface area contributed by atoms with Crippen molar-refractivity contribution in [3.8, 4) is 0 Å². The molecule has 1 aromatic rings. The summed E-state index contributed by atoms with van der Waals surface area (Å²) in [7, 11) is 0. The molecule has 0 radical (unpaired) electrons. The highest BCUT2D eigenvalue weighted by Crippen LogP contribution is 2.46. The predicted octanol–water partition coefficient (Wildman–Crippen LogP) is 2.71. The zero-order chi connectivity index (χ0) is 20.0. The van der Waals surface area contributed by atoms with Crippen LogP contribution in [-0.2, 0) is 4.79 Å². The minimum atomic E-state index is -0.152. The number of likely N-dealkylation sites (tertiary alicyclic amines) is 1. The maximum Gasteiger partial charge on any atom is 0.273 e. The Morgan fingerprint density at radius 1 is 1.14 bits per heavy atom. The van der Waals surface area contributed by atoms with Gasteiger partial charge in [0.1, 0.15) is 5.76 Å². The van der Waals surface area contributed by atoms with E-state index in [0.717, 1.165) is 82.9 Å². The second-order valence-electron chi connectivity index (χ2n) is 9.73. The molecule has 7 nitrogen and oxygen atoms in total. The summed E-state index contributed by atoms with van der Waals surface area (Å²) < 4.78 is 5.32. The van der Waals surface area contributed by atoms with Crippen LogP contribution in [0.25, 0.3) is 0 Å². The first-order chi connectivity index (χ1) is 14.0. The van der Waals surface area contributed by atoms with Crippen LogP contribution in [0.15, 0.2) is 10.6 Å². The molecule has 2 amide bonds. The number of nitrogens with one attached hydrogen (secondary N) is 1. The van der Waals surface area contributed by atoms with Crippen LogP contribution in [0.4, 0.5) is 0 Å². The standard InChI is InChI=1S/C22H32N4O3/c23-16-6-4-15(5-7-16)21(28)26-11-8-17(13-22(26)9-1-10-22)24-20(27)18-12-19(29-25-18)14-2-3-14/h12,14-17H,1-11,13,23H2,(H,24,27)/t15-,16-,17?. The third-order valence-electron chi connectivity index (χ3n) is 7.65. The lowest BCUT2D eigenvalue weighted by molar-refractivity contribution is -0.151. The second kappa shape index (κ2) is 7.42. The Kier molecular flexibility index (Phi) is 4.88. The molecule has 2 heterocycles. The second-order valence-corrected chi connectivity index (χ2v) is 9.73. The molecule has 1 spiro atoms. The minimum absolute atomic E-state index is 0.0597. The average Bonchev–Trinajstić information content (AvgIpc) is 3.43. The van der Waals surface area contributed by atoms with Gasteiger partial charge in [-0.05, 0) is 70.6 Å². The highest BCUT2D eigenvalue weighted by Gasteiger charge is 2.50. The zero-order valence-corrected chi connectivity index (χ0v) is 17.1. The number of amides is 2. The Labute approximate surface area is 171 Å². The molecule has 1 aromatic heterocycles. The maximum absolute atomic E-state index is 13.3. The smallest absolute Gasteiger partial charge is 0.273 e. The first kappa shape index (κ1) is 19.1. The molecule has 3 N–H and O–H groups in total. The summed E-state index contributed by atoms with van der Waals surface area (Å²) in [5.41, 5.74) is 6.34. The van der Waals surface area contributed by atoms with Crippen molar-refractivity contribution in [2.24, 2.45) is 11.7 Å². The van der Waals surface area contributed by atoms with Crippen LogP contribution >= 0.6 is 0 Å². The first-order valence-corrected chi connectivity index (χ1v) is 11.4. The van der Waals surface area contributed by atoms with Gasteiger partial charge >= 0.3 is 0 Å². The van der Waals surface area contributed by atoms with Gasteiger partial charge in [-0.1, -0.05) is 5.16 Å². The van der Waals surface area contributed by atoms with Crippen molar-refractivity contribution in [1.29, 1.82) is 0 Å². The number of hydrogen-bond acceptors (Lipinski definition) is 5. The summed E-state index contributed by atoms with van der Waals surface area (Å²) >= 11 is 0. The molecule has 29 heavy (non-hydrogen) atoms. The van der Waals surface area contributed by atoms with Gasteiger partial charge in [0.15, 0.2) is 5.69 Å². The molecule has 1 aliphatic heterocycles. The van der Waals surface area contributed by atoms with Crippen LogP contribution in [0, 0.1) is 5.92 Å². The van der Waals surface area contributed by atoms with Crippen molar-refractivity contribution >= 4 is 11.8 Å². The molecule has 0 aromatic carbocycles. The Balaban J connectivity index is 1.21. The lowest BCUT2D eigenvalue weighted by Crippen LogP contribution is -2.64. The normalized spacial score (nSPS) is 31.3. The van der Waals surface area contributed by atoms with Crippen molar-refractivity contribution in [3.05, 3.63) is 17.5 Å². The lowest BCUT2D eigenvalue weighted by Gasteiger charge is -2.56. The van der Waals surface area contributed by atoms with E-state index < -0.39 is 0 Å². The molecule has 0 bridgehead atoms. The molecule has 1 saturated heterocycles. The van der Waals surface area contributed by atoms with E-state index in [0.29, 0.717) is 17.5 Å². The van der Waals surface area contributed by atoms with E-state index in [-0.39, 0.29) is 29.4 Å². The van der Waals surface area contributed by atoms with E-state index in [4.69, 9.17) is 10.3 Å². The van der Waals surface area contributed by atoms with Crippen LogP contribution in [0.2, 0.25) is 0 Å². The molecule has 158 valence electrons. The van der Waals surface area contributed by atoms with Crippen molar-refractivity contribution in [1.82, 2.24) is 15.4 Å². The van der Waals surface area contributed by atoms with Gasteiger partial charge in [0.05, 0.1) is 0 Å². The van der Waals surface area contributed by atoms with Crippen molar-refractivity contribution in [3.63, 3.8) is 0 Å². The van der Waals surface area contributed by atoms with Crippen molar-refractivity contribution in [2.75, 3.05) is 6.54 Å². The average molecular weight is 401 g/mol. The van der Waals surface area contributed by atoms with Crippen LogP contribution < -0.4 is 11.1 Å². The van der Waals surface area contributed by atoms with Gasteiger partial charge in [0.2, 0.25) is 5.91 Å². The number of carbonyl (C=O) groups excluding carboxylic acids is 2. The molecule has 4 aliphatic rings. The fraction of sp³-hybridized carbons (Fsp3) is 0.773. The summed E-state index contributed by atoms with van der Waals surface area (Å²) in [6.45, 7) is 0.735. The number of hydrogen-bond donors (Lipinski definition) is 2. The Hall–Kier alpha value is -1.89. The van der Waals surface area contributed by atoms with Gasteiger partial charge in [-0.25, -0.2) is 0 Å². The summed E-state index contributed by atoms with van der Waals surface area (Å²) in [5, 5.41) is 7.12. The van der Waals surface area contributed by atoms with Crippen LogP contribution in [0.5, 0.6) is 0 Å². The number of aromatic nitrogens is 1. The molecule has 1 atom stereocenters. The summed E-state index contributed by atoms with van der Waals surface area (Å²) in [5.74, 6) is 1.59. The van der Waals surface area contributed by atoms with E-state index in [2.05, 4.69) is 15.4 Å². The summed E-state index contributed by atoms with van der Waals surface area (Å²) in [6, 6.07) is 2.14. The predicted molar refractivity (Wildman–Crippen MR) is 107 cm³/mol. The van der Waals surface area contributed by atoms with E-state index >= 15 is 0 Å². The zero-order valence-electron chi connectivity index (χ0n) is 17.1. The molecule has 3 saturated carbocycles. The van der Waals surface area contributed by atoms with E-state index in [9.17, 15) is 9.59 Å². The largest absolute Gasteiger partial charge is 0.360 e. The summed E-state index contributed by atoms with van der Waals surface area (Å²) in [6.07, 6.45) is 10.9. The van der Waals surface area contributed by atoms with Gasteiger partial charge in [-0.15, -0.1) is 0 Å². The molecule has 7 heteroatoms. The SMILES string of the molecule is N[C@H]1CC[C@H](C(=O)N2CCC(NC(=O)c3cc(C4CC4)on3)CC23CCC3)CC1. The van der Waals surface area contributed by atoms with Gasteiger partial charge in [-0.2, -0.15) is 0 Å². The topological polar surface area (TPSA) is 101 Å². The molecule has 1 unspecified atom stereocenters. The van der Waals surface area contributed by atoms with E-state index in [1.54, 1.807) is 6.07 Å². The van der Waals surface area contributed by atoms with Gasteiger partial charge in [-0.3, -0.25) is 9.59 Å². The van der Waals surface area contributed by atoms with Crippen molar-refractivity contribution in [2.45, 2.75) is 94.2 Å². The Bertz CT molecular complexity index is 775. The van der Waals surface area contributed by atoms with E-state index in [1.165, 1.54) is 0 Å². The maximum atomic E-state index is 13.3. The van der Waals surface area contributed by atoms with Crippen LogP contribution in [0.3, 0.4) is 0 Å². The first-order valence-electron chi connectivity index (χ1n) is 11.4. The number of rotatable bonds is 4. The molecular weight excluding hydrogens is 368 g/mol. The fourth-order valence-electron chi connectivity index (χ4n) is 5.52. The number of carbonyl (C=O) groups is 2. The van der Waals surface area contributed by atoms with Gasteiger partial charge in [0.25, 0.3) is 5.91 Å². The number of nitrogens with zero attached hydrogens (tertiary/aromatic N) is 2. The monoisotopic (exact) mass is 400 g/mol. The fourth-order valence-corrected chi connectivity index (χ4v) is 5.52. The molecule has 4 fully saturated rings. The molecule has 5 rings (SSSR count).